The van der Waals surface area contributed by atoms with Gasteiger partial charge in [-0.25, -0.2) is 0 Å². The molecule has 1 aliphatic heterocycles. The number of ether oxygens (including phenoxy) is 1. The maximum atomic E-state index is 5.99. The molecule has 0 aromatic carbocycles. The zero-order valence-electron chi connectivity index (χ0n) is 8.53. The first kappa shape index (κ1) is 10.8. The summed E-state index contributed by atoms with van der Waals surface area (Å²) >= 11 is 5.99. The molecule has 6 heteroatoms. The van der Waals surface area contributed by atoms with Crippen LogP contribution in [0.25, 0.3) is 0 Å². The molecule has 0 atom stereocenters. The number of fused-ring (bicyclic) bond motifs is 1. The van der Waals surface area contributed by atoms with Crippen molar-refractivity contribution in [2.75, 3.05) is 6.61 Å². The van der Waals surface area contributed by atoms with Crippen LogP contribution in [-0.4, -0.2) is 17.3 Å². The Bertz CT molecular complexity index is 458. The van der Waals surface area contributed by atoms with E-state index < -0.39 is 0 Å². The molecular formula is C10H11ClN4O. The largest absolute Gasteiger partial charge is 0.489 e. The fourth-order valence-corrected chi connectivity index (χ4v) is 1.58. The molecule has 0 saturated carbocycles. The molecule has 84 valence electrons. The first-order valence-electron chi connectivity index (χ1n) is 4.73. The molecule has 0 amide bonds. The highest BCUT2D eigenvalue weighted by atomic mass is 35.5. The molecule has 1 aliphatic rings. The topological polar surface area (TPSA) is 72.5 Å². The molecule has 16 heavy (non-hydrogen) atoms. The highest BCUT2D eigenvalue weighted by Gasteiger charge is 2.20. The summed E-state index contributed by atoms with van der Waals surface area (Å²) in [6, 6.07) is 1.68. The third-order valence-corrected chi connectivity index (χ3v) is 2.35. The minimum Gasteiger partial charge on any atom is -0.489 e. The fraction of sp³-hybridized carbons (Fsp3) is 0.200. The van der Waals surface area contributed by atoms with Crippen molar-refractivity contribution in [1.29, 1.82) is 0 Å². The first-order chi connectivity index (χ1) is 7.68. The lowest BCUT2D eigenvalue weighted by Gasteiger charge is -2.18. The molecule has 1 aromatic rings. The Balaban J connectivity index is 2.37. The van der Waals surface area contributed by atoms with Crippen molar-refractivity contribution in [3.8, 4) is 5.75 Å². The molecule has 0 unspecified atom stereocenters. The van der Waals surface area contributed by atoms with E-state index >= 15 is 0 Å². The Morgan fingerprint density at radius 3 is 3.25 bits per heavy atom. The Labute approximate surface area is 98.0 Å². The quantitative estimate of drug-likeness (QED) is 0.761. The number of halogens is 1. The van der Waals surface area contributed by atoms with E-state index in [4.69, 9.17) is 22.1 Å². The minimum atomic E-state index is 0.280. The molecule has 0 fully saturated rings. The molecule has 5 nitrogen and oxygen atoms in total. The highest BCUT2D eigenvalue weighted by molar-refractivity contribution is 6.32. The van der Waals surface area contributed by atoms with Crippen LogP contribution in [-0.2, 0) is 0 Å². The average molecular weight is 239 g/mol. The van der Waals surface area contributed by atoms with E-state index in [2.05, 4.69) is 22.1 Å². The predicted octanol–water partition coefficient (Wildman–Crippen LogP) is 1.24. The van der Waals surface area contributed by atoms with E-state index in [-0.39, 0.29) is 5.82 Å². The molecule has 2 heterocycles. The van der Waals surface area contributed by atoms with Crippen molar-refractivity contribution in [2.24, 2.45) is 10.8 Å². The summed E-state index contributed by atoms with van der Waals surface area (Å²) in [6.45, 7) is 4.02. The summed E-state index contributed by atoms with van der Waals surface area (Å²) < 4.78 is 5.43. The standard InChI is InChI=1S/C10H11ClN4O/c1-6(12)14-15-8-3-5-16-10-7(11)2-4-13-9(8)10/h2,4,14H,1,3,5,12H2/b15-8-. The van der Waals surface area contributed by atoms with E-state index in [1.165, 1.54) is 0 Å². The second-order valence-electron chi connectivity index (χ2n) is 3.26. The van der Waals surface area contributed by atoms with Gasteiger partial charge in [0, 0.05) is 12.6 Å². The summed E-state index contributed by atoms with van der Waals surface area (Å²) in [6.07, 6.45) is 2.27. The smallest absolute Gasteiger partial charge is 0.165 e. The van der Waals surface area contributed by atoms with E-state index in [1.807, 2.05) is 0 Å². The van der Waals surface area contributed by atoms with Crippen molar-refractivity contribution in [2.45, 2.75) is 6.42 Å². The van der Waals surface area contributed by atoms with Gasteiger partial charge in [0.1, 0.15) is 11.5 Å². The van der Waals surface area contributed by atoms with Crippen LogP contribution in [0.1, 0.15) is 12.1 Å². The van der Waals surface area contributed by atoms with Crippen LogP contribution in [0.15, 0.2) is 29.8 Å². The maximum Gasteiger partial charge on any atom is 0.165 e. The van der Waals surface area contributed by atoms with Gasteiger partial charge in [-0.05, 0) is 6.07 Å². The highest BCUT2D eigenvalue weighted by Crippen LogP contribution is 2.30. The average Bonchev–Trinajstić information content (AvgIpc) is 2.27. The van der Waals surface area contributed by atoms with Crippen molar-refractivity contribution in [3.63, 3.8) is 0 Å². The second kappa shape index (κ2) is 4.40. The minimum absolute atomic E-state index is 0.280. The molecule has 0 aliphatic carbocycles. The Morgan fingerprint density at radius 1 is 1.69 bits per heavy atom. The number of nitrogens with one attached hydrogen (secondary N) is 1. The van der Waals surface area contributed by atoms with Gasteiger partial charge in [-0.2, -0.15) is 5.10 Å². The van der Waals surface area contributed by atoms with Crippen molar-refractivity contribution >= 4 is 17.3 Å². The molecule has 0 bridgehead atoms. The number of pyridine rings is 1. The lowest BCUT2D eigenvalue weighted by molar-refractivity contribution is 0.318. The molecule has 1 aromatic heterocycles. The van der Waals surface area contributed by atoms with Gasteiger partial charge in [-0.15, -0.1) is 0 Å². The zero-order valence-corrected chi connectivity index (χ0v) is 9.29. The molecular weight excluding hydrogens is 228 g/mol. The monoisotopic (exact) mass is 238 g/mol. The second-order valence-corrected chi connectivity index (χ2v) is 3.67. The molecule has 3 N–H and O–H groups in total. The van der Waals surface area contributed by atoms with Crippen LogP contribution in [0.3, 0.4) is 0 Å². The van der Waals surface area contributed by atoms with Gasteiger partial charge in [0.25, 0.3) is 0 Å². The van der Waals surface area contributed by atoms with Gasteiger partial charge in [-0.3, -0.25) is 10.4 Å². The number of nitrogens with two attached hydrogens (primary N) is 1. The lowest BCUT2D eigenvalue weighted by atomic mass is 10.1. The third-order valence-electron chi connectivity index (χ3n) is 2.05. The van der Waals surface area contributed by atoms with Crippen molar-refractivity contribution in [3.05, 3.63) is 35.4 Å². The number of hydrazone groups is 1. The SMILES string of the molecule is C=C(N)N/N=C1/CCOc2c(Cl)ccnc21. The van der Waals surface area contributed by atoms with Crippen LogP contribution >= 0.6 is 11.6 Å². The van der Waals surface area contributed by atoms with Gasteiger partial charge >= 0.3 is 0 Å². The van der Waals surface area contributed by atoms with Gasteiger partial charge in [-0.1, -0.05) is 18.2 Å². The Hall–Kier alpha value is -1.75. The Morgan fingerprint density at radius 2 is 2.50 bits per heavy atom. The predicted molar refractivity (Wildman–Crippen MR) is 62.4 cm³/mol. The number of hydrogen-bond acceptors (Lipinski definition) is 5. The van der Waals surface area contributed by atoms with Gasteiger partial charge in [0.15, 0.2) is 5.75 Å². The van der Waals surface area contributed by atoms with Gasteiger partial charge in [0.2, 0.25) is 0 Å². The number of hydrogen-bond donors (Lipinski definition) is 2. The van der Waals surface area contributed by atoms with Crippen LogP contribution in [0.4, 0.5) is 0 Å². The lowest BCUT2D eigenvalue weighted by Crippen LogP contribution is -2.22. The third kappa shape index (κ3) is 2.09. The molecule has 2 rings (SSSR count). The van der Waals surface area contributed by atoms with Gasteiger partial charge in [0.05, 0.1) is 17.3 Å². The van der Waals surface area contributed by atoms with Crippen LogP contribution in [0, 0.1) is 0 Å². The van der Waals surface area contributed by atoms with E-state index in [0.717, 1.165) is 5.71 Å². The summed E-state index contributed by atoms with van der Waals surface area (Å²) in [5, 5.41) is 4.64. The Kier molecular flexibility index (Phi) is 2.96. The normalized spacial score (nSPS) is 16.4. The first-order valence-corrected chi connectivity index (χ1v) is 5.11. The van der Waals surface area contributed by atoms with Crippen LogP contribution < -0.4 is 15.9 Å². The zero-order chi connectivity index (χ0) is 11.5. The summed E-state index contributed by atoms with van der Waals surface area (Å²) in [5.41, 5.74) is 9.38. The van der Waals surface area contributed by atoms with E-state index in [0.29, 0.717) is 29.5 Å². The summed E-state index contributed by atoms with van der Waals surface area (Å²) in [5.74, 6) is 0.848. The van der Waals surface area contributed by atoms with E-state index in [1.54, 1.807) is 12.3 Å². The van der Waals surface area contributed by atoms with Crippen LogP contribution in [0.2, 0.25) is 5.02 Å². The van der Waals surface area contributed by atoms with Crippen molar-refractivity contribution in [1.82, 2.24) is 10.4 Å². The molecule has 0 radical (unpaired) electrons. The number of nitrogens with zero attached hydrogens (tertiary/aromatic N) is 2. The van der Waals surface area contributed by atoms with E-state index in [9.17, 15) is 0 Å². The number of rotatable bonds is 2. The van der Waals surface area contributed by atoms with Crippen LogP contribution in [0.5, 0.6) is 5.75 Å². The summed E-state index contributed by atoms with van der Waals surface area (Å²) in [7, 11) is 0. The van der Waals surface area contributed by atoms with Gasteiger partial charge < -0.3 is 10.5 Å². The van der Waals surface area contributed by atoms with Crippen molar-refractivity contribution < 1.29 is 4.74 Å². The molecule has 0 spiro atoms. The molecule has 0 saturated heterocycles. The summed E-state index contributed by atoms with van der Waals surface area (Å²) in [4.78, 5) is 4.19. The fourth-order valence-electron chi connectivity index (χ4n) is 1.38. The number of aromatic nitrogens is 1. The maximum absolute atomic E-state index is 5.99.